The number of alkyl halides is 3. The minimum atomic E-state index is -4.47. The van der Waals surface area contributed by atoms with Crippen LogP contribution in [-0.2, 0) is 12.6 Å². The van der Waals surface area contributed by atoms with Gasteiger partial charge >= 0.3 is 6.18 Å². The Balaban J connectivity index is 1.62. The third-order valence-corrected chi connectivity index (χ3v) is 4.90. The first-order chi connectivity index (χ1) is 14.9. The predicted octanol–water partition coefficient (Wildman–Crippen LogP) is 3.18. The summed E-state index contributed by atoms with van der Waals surface area (Å²) in [5, 5.41) is 7.87. The van der Waals surface area contributed by atoms with Gasteiger partial charge in [0.15, 0.2) is 0 Å². The van der Waals surface area contributed by atoms with Crippen LogP contribution in [0.2, 0.25) is 0 Å². The second kappa shape index (κ2) is 6.98. The molecule has 0 amide bonds. The maximum Gasteiger partial charge on any atom is 0.416 e. The summed E-state index contributed by atoms with van der Waals surface area (Å²) >= 11 is 0. The minimum absolute atomic E-state index is 0.275. The van der Waals surface area contributed by atoms with Crippen molar-refractivity contribution in [3.63, 3.8) is 0 Å². The SMILES string of the molecule is COc1ccc(C#Cc2ncn3c2Cc2cnnn2-c2cc(C(F)(F)F)ccc2-3)cn1. The normalized spacial score (nSPS) is 12.1. The second-order valence-corrected chi connectivity index (χ2v) is 6.76. The Hall–Kier alpha value is -4.13. The third-order valence-electron chi connectivity index (χ3n) is 4.90. The maximum absolute atomic E-state index is 13.3. The molecule has 0 N–H and O–H groups in total. The number of nitrogens with zero attached hydrogens (tertiary/aromatic N) is 6. The van der Waals surface area contributed by atoms with Crippen molar-refractivity contribution in [1.82, 2.24) is 29.5 Å². The van der Waals surface area contributed by atoms with E-state index in [1.54, 1.807) is 29.2 Å². The van der Waals surface area contributed by atoms with E-state index in [9.17, 15) is 13.2 Å². The number of pyridine rings is 1. The van der Waals surface area contributed by atoms with Crippen LogP contribution in [0.1, 0.15) is 28.2 Å². The monoisotopic (exact) mass is 422 g/mol. The molecule has 1 aliphatic rings. The van der Waals surface area contributed by atoms with E-state index in [1.807, 2.05) is 0 Å². The first-order valence-electron chi connectivity index (χ1n) is 9.14. The van der Waals surface area contributed by atoms with Crippen molar-refractivity contribution in [3.05, 3.63) is 77.3 Å². The van der Waals surface area contributed by atoms with E-state index in [-0.39, 0.29) is 5.69 Å². The standard InChI is InChI=1S/C21H13F3N6O/c1-31-20-7-3-13(10-25-20)2-5-16-18-9-15-11-27-28-30(15)19-8-14(21(22,23)24)4-6-17(19)29(18)12-26-16/h3-4,6-8,10-12H,9H2,1H3. The van der Waals surface area contributed by atoms with Gasteiger partial charge in [0.1, 0.15) is 12.0 Å². The summed E-state index contributed by atoms with van der Waals surface area (Å²) < 4.78 is 48.0. The number of hydrogen-bond donors (Lipinski definition) is 0. The van der Waals surface area contributed by atoms with E-state index in [2.05, 4.69) is 32.1 Å². The number of fused-ring (bicyclic) bond motifs is 5. The number of methoxy groups -OCH3 is 1. The Labute approximate surface area is 174 Å². The number of ether oxygens (including phenoxy) is 1. The molecule has 0 unspecified atom stereocenters. The van der Waals surface area contributed by atoms with E-state index in [1.165, 1.54) is 24.1 Å². The highest BCUT2D eigenvalue weighted by Crippen LogP contribution is 2.35. The molecule has 5 rings (SSSR count). The first kappa shape index (κ1) is 18.9. The van der Waals surface area contributed by atoms with Gasteiger partial charge in [-0.3, -0.25) is 4.57 Å². The van der Waals surface area contributed by atoms with Crippen molar-refractivity contribution >= 4 is 0 Å². The summed E-state index contributed by atoms with van der Waals surface area (Å²) in [5.74, 6) is 6.52. The van der Waals surface area contributed by atoms with Crippen LogP contribution in [-0.4, -0.2) is 36.6 Å². The van der Waals surface area contributed by atoms with Crippen molar-refractivity contribution in [3.8, 4) is 29.1 Å². The molecule has 4 heterocycles. The Bertz CT molecular complexity index is 1340. The number of imidazole rings is 1. The fourth-order valence-corrected chi connectivity index (χ4v) is 3.39. The van der Waals surface area contributed by atoms with Gasteiger partial charge in [-0.2, -0.15) is 13.2 Å². The molecular formula is C21H13F3N6O. The first-order valence-corrected chi connectivity index (χ1v) is 9.14. The Morgan fingerprint density at radius 1 is 1.03 bits per heavy atom. The zero-order valence-corrected chi connectivity index (χ0v) is 16.1. The molecule has 10 heteroatoms. The lowest BCUT2D eigenvalue weighted by atomic mass is 10.1. The van der Waals surface area contributed by atoms with Crippen molar-refractivity contribution in [2.45, 2.75) is 12.6 Å². The molecule has 0 saturated heterocycles. The van der Waals surface area contributed by atoms with E-state index in [0.29, 0.717) is 34.9 Å². The summed E-state index contributed by atoms with van der Waals surface area (Å²) in [5.41, 5.74) is 2.58. The zero-order valence-electron chi connectivity index (χ0n) is 16.1. The van der Waals surface area contributed by atoms with E-state index >= 15 is 0 Å². The zero-order chi connectivity index (χ0) is 21.6. The predicted molar refractivity (Wildman–Crippen MR) is 103 cm³/mol. The topological polar surface area (TPSA) is 70.7 Å². The van der Waals surface area contributed by atoms with Crippen LogP contribution in [0.15, 0.2) is 49.1 Å². The van der Waals surface area contributed by atoms with Crippen LogP contribution in [0.4, 0.5) is 13.2 Å². The number of aromatic nitrogens is 6. The average molecular weight is 422 g/mol. The molecule has 3 aromatic heterocycles. The van der Waals surface area contributed by atoms with Crippen LogP contribution in [0.3, 0.4) is 0 Å². The van der Waals surface area contributed by atoms with Gasteiger partial charge in [0, 0.05) is 24.2 Å². The molecule has 1 aliphatic heterocycles. The van der Waals surface area contributed by atoms with Crippen LogP contribution in [0.5, 0.6) is 5.88 Å². The van der Waals surface area contributed by atoms with E-state index in [0.717, 1.165) is 17.8 Å². The molecule has 4 aromatic rings. The van der Waals surface area contributed by atoms with E-state index < -0.39 is 11.7 Å². The average Bonchev–Trinajstić information content (AvgIpc) is 3.36. The molecule has 1 aromatic carbocycles. The molecule has 0 radical (unpaired) electrons. The minimum Gasteiger partial charge on any atom is -0.481 e. The number of benzene rings is 1. The lowest BCUT2D eigenvalue weighted by molar-refractivity contribution is -0.137. The Morgan fingerprint density at radius 3 is 2.65 bits per heavy atom. The number of hydrogen-bond acceptors (Lipinski definition) is 5. The molecule has 154 valence electrons. The fraction of sp³-hybridized carbons (Fsp3) is 0.143. The molecule has 0 aliphatic carbocycles. The molecule has 7 nitrogen and oxygen atoms in total. The highest BCUT2D eigenvalue weighted by Gasteiger charge is 2.32. The van der Waals surface area contributed by atoms with Crippen LogP contribution in [0, 0.1) is 11.8 Å². The van der Waals surface area contributed by atoms with Gasteiger partial charge in [-0.25, -0.2) is 14.6 Å². The van der Waals surface area contributed by atoms with Crippen molar-refractivity contribution in [1.29, 1.82) is 0 Å². The van der Waals surface area contributed by atoms with Crippen LogP contribution < -0.4 is 4.74 Å². The van der Waals surface area contributed by atoms with Gasteiger partial charge in [0.2, 0.25) is 5.88 Å². The summed E-state index contributed by atoms with van der Waals surface area (Å²) in [6, 6.07) is 7.00. The molecular weight excluding hydrogens is 409 g/mol. The van der Waals surface area contributed by atoms with E-state index in [4.69, 9.17) is 4.74 Å². The molecule has 31 heavy (non-hydrogen) atoms. The lowest BCUT2D eigenvalue weighted by Gasteiger charge is -2.13. The van der Waals surface area contributed by atoms with Crippen LogP contribution >= 0.6 is 0 Å². The smallest absolute Gasteiger partial charge is 0.416 e. The molecule has 0 atom stereocenters. The van der Waals surface area contributed by atoms with Gasteiger partial charge in [-0.1, -0.05) is 11.1 Å². The number of halogens is 3. The quantitative estimate of drug-likeness (QED) is 0.388. The summed E-state index contributed by atoms with van der Waals surface area (Å²) in [6.07, 6.45) is 0.555. The molecule has 0 saturated carbocycles. The third kappa shape index (κ3) is 3.30. The van der Waals surface area contributed by atoms with Crippen molar-refractivity contribution < 1.29 is 17.9 Å². The van der Waals surface area contributed by atoms with Crippen molar-refractivity contribution in [2.75, 3.05) is 7.11 Å². The summed E-state index contributed by atoms with van der Waals surface area (Å²) in [4.78, 5) is 8.51. The van der Waals surface area contributed by atoms with Gasteiger partial charge in [-0.05, 0) is 30.2 Å². The molecule has 0 spiro atoms. The highest BCUT2D eigenvalue weighted by molar-refractivity contribution is 5.58. The maximum atomic E-state index is 13.3. The number of rotatable bonds is 1. The summed E-state index contributed by atoms with van der Waals surface area (Å²) in [6.45, 7) is 0. The van der Waals surface area contributed by atoms with Crippen molar-refractivity contribution in [2.24, 2.45) is 0 Å². The van der Waals surface area contributed by atoms with Gasteiger partial charge in [-0.15, -0.1) is 5.10 Å². The summed E-state index contributed by atoms with van der Waals surface area (Å²) in [7, 11) is 1.53. The second-order valence-electron chi connectivity index (χ2n) is 6.76. The highest BCUT2D eigenvalue weighted by atomic mass is 19.4. The molecule has 0 bridgehead atoms. The Morgan fingerprint density at radius 2 is 1.90 bits per heavy atom. The Kier molecular flexibility index (Phi) is 4.25. The van der Waals surface area contributed by atoms with Gasteiger partial charge < -0.3 is 4.74 Å². The fourth-order valence-electron chi connectivity index (χ4n) is 3.39. The largest absolute Gasteiger partial charge is 0.481 e. The lowest BCUT2D eigenvalue weighted by Crippen LogP contribution is -2.09. The molecule has 0 fully saturated rings. The van der Waals surface area contributed by atoms with Gasteiger partial charge in [0.25, 0.3) is 0 Å². The van der Waals surface area contributed by atoms with Gasteiger partial charge in [0.05, 0.1) is 41.6 Å². The van der Waals surface area contributed by atoms with Crippen LogP contribution in [0.25, 0.3) is 11.4 Å².